The summed E-state index contributed by atoms with van der Waals surface area (Å²) in [6, 6.07) is 0. The standard InChI is InChI=1S/C9H14O2/c1-4-5-6-11-9(3)7-8(2)10/h4,7H,1,5-6H2,2-3H3/b9-7-. The quantitative estimate of drug-likeness (QED) is 0.262. The van der Waals surface area contributed by atoms with Crippen molar-refractivity contribution in [3.05, 3.63) is 24.5 Å². The SMILES string of the molecule is C=CCCO/C(C)=C\C(C)=O. The molecule has 0 aromatic rings. The van der Waals surface area contributed by atoms with Crippen molar-refractivity contribution < 1.29 is 9.53 Å². The molecule has 0 aliphatic heterocycles. The van der Waals surface area contributed by atoms with Crippen molar-refractivity contribution in [1.82, 2.24) is 0 Å². The van der Waals surface area contributed by atoms with E-state index >= 15 is 0 Å². The topological polar surface area (TPSA) is 26.3 Å². The Morgan fingerprint density at radius 1 is 1.55 bits per heavy atom. The zero-order chi connectivity index (χ0) is 8.69. The van der Waals surface area contributed by atoms with Crippen LogP contribution in [-0.2, 0) is 9.53 Å². The van der Waals surface area contributed by atoms with E-state index in [4.69, 9.17) is 4.74 Å². The largest absolute Gasteiger partial charge is 0.498 e. The highest BCUT2D eigenvalue weighted by atomic mass is 16.5. The molecule has 0 aliphatic carbocycles. The van der Waals surface area contributed by atoms with Crippen LogP contribution in [0.4, 0.5) is 0 Å². The van der Waals surface area contributed by atoms with Gasteiger partial charge in [-0.15, -0.1) is 6.58 Å². The second-order valence-electron chi connectivity index (χ2n) is 2.29. The van der Waals surface area contributed by atoms with Crippen LogP contribution in [0.1, 0.15) is 20.3 Å². The maximum Gasteiger partial charge on any atom is 0.155 e. The number of hydrogen-bond acceptors (Lipinski definition) is 2. The van der Waals surface area contributed by atoms with Crippen molar-refractivity contribution in [2.75, 3.05) is 6.61 Å². The molecule has 0 amide bonds. The Balaban J connectivity index is 3.59. The Morgan fingerprint density at radius 3 is 2.64 bits per heavy atom. The normalized spacial score (nSPS) is 10.9. The van der Waals surface area contributed by atoms with E-state index in [1.807, 2.05) is 0 Å². The second-order valence-corrected chi connectivity index (χ2v) is 2.29. The molecule has 0 heterocycles. The molecule has 0 spiro atoms. The molecular formula is C9H14O2. The summed E-state index contributed by atoms with van der Waals surface area (Å²) in [6.07, 6.45) is 4.06. The summed E-state index contributed by atoms with van der Waals surface area (Å²) >= 11 is 0. The summed E-state index contributed by atoms with van der Waals surface area (Å²) in [5.74, 6) is 0.681. The minimum Gasteiger partial charge on any atom is -0.498 e. The van der Waals surface area contributed by atoms with E-state index in [0.29, 0.717) is 12.4 Å². The van der Waals surface area contributed by atoms with Gasteiger partial charge in [0.15, 0.2) is 5.78 Å². The molecule has 0 rings (SSSR count). The first-order valence-corrected chi connectivity index (χ1v) is 3.59. The Hall–Kier alpha value is -1.05. The van der Waals surface area contributed by atoms with Gasteiger partial charge in [-0.1, -0.05) is 6.08 Å². The first-order chi connectivity index (χ1) is 5.16. The van der Waals surface area contributed by atoms with Gasteiger partial charge in [-0.2, -0.15) is 0 Å². The summed E-state index contributed by atoms with van der Waals surface area (Å²) < 4.78 is 5.16. The first kappa shape index (κ1) is 9.95. The predicted molar refractivity (Wildman–Crippen MR) is 45.2 cm³/mol. The summed E-state index contributed by atoms with van der Waals surface area (Å²) in [7, 11) is 0. The van der Waals surface area contributed by atoms with Gasteiger partial charge in [0, 0.05) is 6.08 Å². The smallest absolute Gasteiger partial charge is 0.155 e. The number of rotatable bonds is 5. The van der Waals surface area contributed by atoms with Gasteiger partial charge < -0.3 is 4.74 Å². The highest BCUT2D eigenvalue weighted by molar-refractivity contribution is 5.87. The molecule has 0 atom stereocenters. The molecule has 0 aromatic carbocycles. The zero-order valence-electron chi connectivity index (χ0n) is 7.09. The molecule has 0 saturated carbocycles. The van der Waals surface area contributed by atoms with Crippen molar-refractivity contribution in [2.45, 2.75) is 20.3 Å². The van der Waals surface area contributed by atoms with Gasteiger partial charge in [-0.05, 0) is 20.3 Å². The molecule has 2 heteroatoms. The van der Waals surface area contributed by atoms with Gasteiger partial charge in [-0.3, -0.25) is 4.79 Å². The van der Waals surface area contributed by atoms with Crippen LogP contribution in [0.5, 0.6) is 0 Å². The summed E-state index contributed by atoms with van der Waals surface area (Å²) in [4.78, 5) is 10.5. The fourth-order valence-electron chi connectivity index (χ4n) is 0.631. The van der Waals surface area contributed by atoms with Crippen molar-refractivity contribution in [3.8, 4) is 0 Å². The van der Waals surface area contributed by atoms with Crippen LogP contribution in [0, 0.1) is 0 Å². The van der Waals surface area contributed by atoms with Gasteiger partial charge in [0.1, 0.15) is 0 Å². The van der Waals surface area contributed by atoms with Crippen LogP contribution in [0.3, 0.4) is 0 Å². The molecule has 0 saturated heterocycles. The minimum atomic E-state index is 0.0149. The molecule has 0 fully saturated rings. The second kappa shape index (κ2) is 5.71. The van der Waals surface area contributed by atoms with E-state index in [1.165, 1.54) is 13.0 Å². The fraction of sp³-hybridized carbons (Fsp3) is 0.444. The molecule has 0 bridgehead atoms. The highest BCUT2D eigenvalue weighted by Crippen LogP contribution is 1.96. The minimum absolute atomic E-state index is 0.0149. The lowest BCUT2D eigenvalue weighted by Gasteiger charge is -2.02. The molecule has 0 unspecified atom stereocenters. The number of hydrogen-bond donors (Lipinski definition) is 0. The van der Waals surface area contributed by atoms with Crippen molar-refractivity contribution in [2.24, 2.45) is 0 Å². The Bertz CT molecular complexity index is 168. The van der Waals surface area contributed by atoms with Gasteiger partial charge in [0.25, 0.3) is 0 Å². The van der Waals surface area contributed by atoms with Crippen LogP contribution in [-0.4, -0.2) is 12.4 Å². The van der Waals surface area contributed by atoms with E-state index in [1.54, 1.807) is 13.0 Å². The number of ketones is 1. The lowest BCUT2D eigenvalue weighted by atomic mass is 10.4. The van der Waals surface area contributed by atoms with Crippen LogP contribution >= 0.6 is 0 Å². The average molecular weight is 154 g/mol. The van der Waals surface area contributed by atoms with Crippen molar-refractivity contribution >= 4 is 5.78 Å². The molecule has 0 aliphatic rings. The summed E-state index contributed by atoms with van der Waals surface area (Å²) in [6.45, 7) is 7.42. The van der Waals surface area contributed by atoms with Crippen molar-refractivity contribution in [1.29, 1.82) is 0 Å². The zero-order valence-corrected chi connectivity index (χ0v) is 7.09. The van der Waals surface area contributed by atoms with Crippen LogP contribution in [0.15, 0.2) is 24.5 Å². The van der Waals surface area contributed by atoms with Crippen LogP contribution in [0.25, 0.3) is 0 Å². The van der Waals surface area contributed by atoms with Crippen LogP contribution in [0.2, 0.25) is 0 Å². The molecular weight excluding hydrogens is 140 g/mol. The third kappa shape index (κ3) is 6.84. The van der Waals surface area contributed by atoms with Crippen molar-refractivity contribution in [3.63, 3.8) is 0 Å². The Kier molecular flexibility index (Phi) is 5.17. The Labute approximate surface area is 67.6 Å². The molecule has 2 nitrogen and oxygen atoms in total. The molecule has 11 heavy (non-hydrogen) atoms. The average Bonchev–Trinajstić information content (AvgIpc) is 1.86. The maximum atomic E-state index is 10.5. The summed E-state index contributed by atoms with van der Waals surface area (Å²) in [5, 5.41) is 0. The number of carbonyl (C=O) groups excluding carboxylic acids is 1. The van der Waals surface area contributed by atoms with Gasteiger partial charge in [0.2, 0.25) is 0 Å². The highest BCUT2D eigenvalue weighted by Gasteiger charge is 1.90. The van der Waals surface area contributed by atoms with E-state index in [0.717, 1.165) is 6.42 Å². The molecule has 0 aromatic heterocycles. The third-order valence-corrected chi connectivity index (χ3v) is 1.06. The summed E-state index contributed by atoms with van der Waals surface area (Å²) in [5.41, 5.74) is 0. The number of carbonyl (C=O) groups is 1. The monoisotopic (exact) mass is 154 g/mol. The third-order valence-electron chi connectivity index (χ3n) is 1.06. The molecule has 0 radical (unpaired) electrons. The number of allylic oxidation sites excluding steroid dienone is 2. The van der Waals surface area contributed by atoms with E-state index in [2.05, 4.69) is 6.58 Å². The van der Waals surface area contributed by atoms with E-state index < -0.39 is 0 Å². The maximum absolute atomic E-state index is 10.5. The Morgan fingerprint density at radius 2 is 2.18 bits per heavy atom. The first-order valence-electron chi connectivity index (χ1n) is 3.59. The lowest BCUT2D eigenvalue weighted by molar-refractivity contribution is -0.112. The van der Waals surface area contributed by atoms with Gasteiger partial charge in [0.05, 0.1) is 12.4 Å². The van der Waals surface area contributed by atoms with E-state index in [-0.39, 0.29) is 5.78 Å². The molecule has 0 N–H and O–H groups in total. The predicted octanol–water partition coefficient (Wildman–Crippen LogP) is 2.07. The van der Waals surface area contributed by atoms with Crippen LogP contribution < -0.4 is 0 Å². The fourth-order valence-corrected chi connectivity index (χ4v) is 0.631. The van der Waals surface area contributed by atoms with Gasteiger partial charge in [-0.25, -0.2) is 0 Å². The lowest BCUT2D eigenvalue weighted by Crippen LogP contribution is -1.93. The number of ether oxygens (including phenoxy) is 1. The van der Waals surface area contributed by atoms with E-state index in [9.17, 15) is 4.79 Å². The molecule has 62 valence electrons. The van der Waals surface area contributed by atoms with Gasteiger partial charge >= 0.3 is 0 Å².